The molecule has 0 radical (unpaired) electrons. The van der Waals surface area contributed by atoms with E-state index in [1.165, 1.54) is 6.07 Å². The molecule has 24 heavy (non-hydrogen) atoms. The first kappa shape index (κ1) is 17.2. The number of hydrogen-bond donors (Lipinski definition) is 3. The highest BCUT2D eigenvalue weighted by atomic mass is 19.1. The highest BCUT2D eigenvalue weighted by Gasteiger charge is 2.07. The van der Waals surface area contributed by atoms with Gasteiger partial charge in [0.2, 0.25) is 0 Å². The highest BCUT2D eigenvalue weighted by molar-refractivity contribution is 5.95. The molecule has 2 aromatic carbocycles. The molecule has 6 heteroatoms. The van der Waals surface area contributed by atoms with Crippen molar-refractivity contribution in [3.8, 4) is 0 Å². The lowest BCUT2D eigenvalue weighted by molar-refractivity contribution is 0.0958. The van der Waals surface area contributed by atoms with Crippen molar-refractivity contribution in [2.24, 2.45) is 0 Å². The molecule has 0 aliphatic rings. The van der Waals surface area contributed by atoms with Crippen LogP contribution in [0.1, 0.15) is 15.9 Å². The third kappa shape index (κ3) is 4.95. The Morgan fingerprint density at radius 3 is 2.42 bits per heavy atom. The van der Waals surface area contributed by atoms with Crippen molar-refractivity contribution >= 4 is 17.6 Å². The molecule has 0 aliphatic carbocycles. The monoisotopic (exact) mass is 327 g/mol. The molecule has 0 unspecified atom stereocenters. The van der Waals surface area contributed by atoms with E-state index in [0.717, 1.165) is 0 Å². The molecule has 0 saturated carbocycles. The van der Waals surface area contributed by atoms with Crippen molar-refractivity contribution in [1.29, 1.82) is 0 Å². The SMILES string of the molecule is C=CCNC(=O)c1ccc(NC(=O)NCc2ccccc2F)cc1. The summed E-state index contributed by atoms with van der Waals surface area (Å²) in [5.74, 6) is -0.585. The lowest BCUT2D eigenvalue weighted by Gasteiger charge is -2.09. The first-order chi connectivity index (χ1) is 11.6. The van der Waals surface area contributed by atoms with Crippen LogP contribution in [-0.2, 0) is 6.54 Å². The van der Waals surface area contributed by atoms with Crippen molar-refractivity contribution in [3.63, 3.8) is 0 Å². The predicted molar refractivity (Wildman–Crippen MR) is 91.2 cm³/mol. The minimum Gasteiger partial charge on any atom is -0.349 e. The van der Waals surface area contributed by atoms with Crippen LogP contribution in [0.15, 0.2) is 61.2 Å². The van der Waals surface area contributed by atoms with Crippen molar-refractivity contribution in [1.82, 2.24) is 10.6 Å². The van der Waals surface area contributed by atoms with Crippen LogP contribution in [0.3, 0.4) is 0 Å². The van der Waals surface area contributed by atoms with E-state index in [2.05, 4.69) is 22.5 Å². The number of anilines is 1. The Kier molecular flexibility index (Phi) is 6.08. The molecule has 0 spiro atoms. The summed E-state index contributed by atoms with van der Waals surface area (Å²) in [6, 6.07) is 12.2. The summed E-state index contributed by atoms with van der Waals surface area (Å²) in [7, 11) is 0. The number of hydrogen-bond acceptors (Lipinski definition) is 2. The standard InChI is InChI=1S/C18H18FN3O2/c1-2-11-20-17(23)13-7-9-15(10-8-13)22-18(24)21-12-14-5-3-4-6-16(14)19/h2-10H,1,11-12H2,(H,20,23)(H2,21,22,24). The van der Waals surface area contributed by atoms with Crippen LogP contribution >= 0.6 is 0 Å². The van der Waals surface area contributed by atoms with E-state index in [1.807, 2.05) is 0 Å². The first-order valence-electron chi connectivity index (χ1n) is 7.37. The van der Waals surface area contributed by atoms with Gasteiger partial charge in [-0.3, -0.25) is 4.79 Å². The third-order valence-corrected chi connectivity index (χ3v) is 3.21. The summed E-state index contributed by atoms with van der Waals surface area (Å²) in [5, 5.41) is 7.85. The van der Waals surface area contributed by atoms with Crippen LogP contribution < -0.4 is 16.0 Å². The molecule has 0 aliphatic heterocycles. The number of rotatable bonds is 6. The molecule has 2 rings (SSSR count). The molecule has 0 fully saturated rings. The summed E-state index contributed by atoms with van der Waals surface area (Å²) in [6.07, 6.45) is 1.59. The van der Waals surface area contributed by atoms with E-state index in [0.29, 0.717) is 23.4 Å². The normalized spacial score (nSPS) is 9.88. The van der Waals surface area contributed by atoms with Crippen molar-refractivity contribution < 1.29 is 14.0 Å². The van der Waals surface area contributed by atoms with Gasteiger partial charge in [0.05, 0.1) is 0 Å². The number of carbonyl (C=O) groups excluding carboxylic acids is 2. The Labute approximate surface area is 139 Å². The largest absolute Gasteiger partial charge is 0.349 e. The van der Waals surface area contributed by atoms with Crippen LogP contribution in [0, 0.1) is 5.82 Å². The summed E-state index contributed by atoms with van der Waals surface area (Å²) in [5.41, 5.74) is 1.41. The topological polar surface area (TPSA) is 70.2 Å². The van der Waals surface area contributed by atoms with Crippen molar-refractivity contribution in [3.05, 3.63) is 78.1 Å². The number of carbonyl (C=O) groups is 2. The molecule has 5 nitrogen and oxygen atoms in total. The third-order valence-electron chi connectivity index (χ3n) is 3.21. The predicted octanol–water partition coefficient (Wildman–Crippen LogP) is 3.06. The van der Waals surface area contributed by atoms with Gasteiger partial charge in [0, 0.05) is 29.9 Å². The van der Waals surface area contributed by atoms with E-state index in [1.54, 1.807) is 48.5 Å². The number of amides is 3. The second kappa shape index (κ2) is 8.47. The van der Waals surface area contributed by atoms with E-state index < -0.39 is 6.03 Å². The Hall–Kier alpha value is -3.15. The molecule has 0 bridgehead atoms. The van der Waals surface area contributed by atoms with E-state index >= 15 is 0 Å². The molecule has 0 heterocycles. The van der Waals surface area contributed by atoms with Gasteiger partial charge in [0.15, 0.2) is 0 Å². The molecule has 0 aromatic heterocycles. The fraction of sp³-hybridized carbons (Fsp3) is 0.111. The molecule has 124 valence electrons. The van der Waals surface area contributed by atoms with Crippen LogP contribution in [0.5, 0.6) is 0 Å². The summed E-state index contributed by atoms with van der Waals surface area (Å²) in [6.45, 7) is 4.00. The number of urea groups is 1. The average molecular weight is 327 g/mol. The summed E-state index contributed by atoms with van der Waals surface area (Å²) < 4.78 is 13.5. The van der Waals surface area contributed by atoms with Gasteiger partial charge < -0.3 is 16.0 Å². The van der Waals surface area contributed by atoms with E-state index in [4.69, 9.17) is 0 Å². The van der Waals surface area contributed by atoms with E-state index in [-0.39, 0.29) is 18.3 Å². The molecular weight excluding hydrogens is 309 g/mol. The first-order valence-corrected chi connectivity index (χ1v) is 7.37. The number of nitrogens with one attached hydrogen (secondary N) is 3. The molecule has 2 aromatic rings. The number of halogens is 1. The fourth-order valence-electron chi connectivity index (χ4n) is 1.96. The second-order valence-corrected chi connectivity index (χ2v) is 4.98. The van der Waals surface area contributed by atoms with Gasteiger partial charge in [0.25, 0.3) is 5.91 Å². The molecular formula is C18H18FN3O2. The zero-order chi connectivity index (χ0) is 17.4. The Bertz CT molecular complexity index is 729. The lowest BCUT2D eigenvalue weighted by Crippen LogP contribution is -2.28. The quantitative estimate of drug-likeness (QED) is 0.714. The Balaban J connectivity index is 1.86. The van der Waals surface area contributed by atoms with Gasteiger partial charge >= 0.3 is 6.03 Å². The minimum atomic E-state index is -0.456. The second-order valence-electron chi connectivity index (χ2n) is 4.98. The smallest absolute Gasteiger partial charge is 0.319 e. The van der Waals surface area contributed by atoms with Gasteiger partial charge in [-0.25, -0.2) is 9.18 Å². The van der Waals surface area contributed by atoms with Gasteiger partial charge in [0.1, 0.15) is 5.82 Å². The lowest BCUT2D eigenvalue weighted by atomic mass is 10.2. The molecule has 0 atom stereocenters. The molecule has 3 amide bonds. The van der Waals surface area contributed by atoms with Crippen molar-refractivity contribution in [2.45, 2.75) is 6.54 Å². The number of benzene rings is 2. The van der Waals surface area contributed by atoms with Crippen LogP contribution in [0.2, 0.25) is 0 Å². The van der Waals surface area contributed by atoms with Gasteiger partial charge in [-0.2, -0.15) is 0 Å². The maximum atomic E-state index is 13.5. The van der Waals surface area contributed by atoms with Crippen LogP contribution in [0.4, 0.5) is 14.9 Å². The molecule has 3 N–H and O–H groups in total. The minimum absolute atomic E-state index is 0.0839. The van der Waals surface area contributed by atoms with Gasteiger partial charge in [-0.1, -0.05) is 24.3 Å². The van der Waals surface area contributed by atoms with Gasteiger partial charge in [-0.05, 0) is 30.3 Å². The highest BCUT2D eigenvalue weighted by Crippen LogP contribution is 2.10. The fourth-order valence-corrected chi connectivity index (χ4v) is 1.96. The van der Waals surface area contributed by atoms with Gasteiger partial charge in [-0.15, -0.1) is 6.58 Å². The van der Waals surface area contributed by atoms with Crippen LogP contribution in [-0.4, -0.2) is 18.5 Å². The zero-order valence-corrected chi connectivity index (χ0v) is 13.0. The summed E-state index contributed by atoms with van der Waals surface area (Å²) in [4.78, 5) is 23.6. The van der Waals surface area contributed by atoms with Crippen LogP contribution in [0.25, 0.3) is 0 Å². The molecule has 0 saturated heterocycles. The Morgan fingerprint density at radius 2 is 1.75 bits per heavy atom. The Morgan fingerprint density at radius 1 is 1.04 bits per heavy atom. The maximum absolute atomic E-state index is 13.5. The zero-order valence-electron chi connectivity index (χ0n) is 13.0. The van der Waals surface area contributed by atoms with E-state index in [9.17, 15) is 14.0 Å². The summed E-state index contributed by atoms with van der Waals surface area (Å²) >= 11 is 0. The van der Waals surface area contributed by atoms with Crippen molar-refractivity contribution in [2.75, 3.05) is 11.9 Å². The average Bonchev–Trinajstić information content (AvgIpc) is 2.59. The maximum Gasteiger partial charge on any atom is 0.319 e.